The van der Waals surface area contributed by atoms with Crippen LogP contribution < -0.4 is 0 Å². The van der Waals surface area contributed by atoms with Gasteiger partial charge in [-0.15, -0.1) is 0 Å². The molecular formula is C16H21ClN2O. The van der Waals surface area contributed by atoms with Crippen LogP contribution in [0.5, 0.6) is 0 Å². The summed E-state index contributed by atoms with van der Waals surface area (Å²) in [6.45, 7) is 6.77. The van der Waals surface area contributed by atoms with E-state index in [4.69, 9.17) is 16.3 Å². The Hall–Kier alpha value is -1.16. The first-order valence-corrected chi connectivity index (χ1v) is 7.30. The van der Waals surface area contributed by atoms with Crippen LogP contribution in [0.2, 0.25) is 5.15 Å². The molecule has 1 atom stereocenters. The summed E-state index contributed by atoms with van der Waals surface area (Å²) in [5.74, 6) is 0. The smallest absolute Gasteiger partial charge is 0.134 e. The van der Waals surface area contributed by atoms with Gasteiger partial charge in [0, 0.05) is 30.6 Å². The van der Waals surface area contributed by atoms with Gasteiger partial charge in [-0.2, -0.15) is 0 Å². The third-order valence-electron chi connectivity index (χ3n) is 3.56. The molecule has 108 valence electrons. The second-order valence-electron chi connectivity index (χ2n) is 5.00. The van der Waals surface area contributed by atoms with Gasteiger partial charge in [-0.05, 0) is 25.6 Å². The summed E-state index contributed by atoms with van der Waals surface area (Å²) in [6.07, 6.45) is 0. The molecule has 0 aliphatic rings. The maximum atomic E-state index is 6.32. The van der Waals surface area contributed by atoms with E-state index in [1.54, 1.807) is 7.11 Å². The van der Waals surface area contributed by atoms with E-state index < -0.39 is 0 Å². The predicted octanol–water partition coefficient (Wildman–Crippen LogP) is 3.75. The molecule has 20 heavy (non-hydrogen) atoms. The van der Waals surface area contributed by atoms with Crippen molar-refractivity contribution < 1.29 is 4.74 Å². The second-order valence-corrected chi connectivity index (χ2v) is 5.36. The standard InChI is InChI=1S/C16H21ClN2O/c1-4-19(12(2)11-20-3)10-14-9-13-7-5-6-8-15(13)18-16(14)17/h5-9,12H,4,10-11H2,1-3H3. The number of para-hydroxylation sites is 1. The van der Waals surface area contributed by atoms with E-state index in [0.29, 0.717) is 17.8 Å². The van der Waals surface area contributed by atoms with Gasteiger partial charge in [0.05, 0.1) is 12.1 Å². The molecule has 0 amide bonds. The number of pyridine rings is 1. The van der Waals surface area contributed by atoms with E-state index in [-0.39, 0.29) is 0 Å². The minimum absolute atomic E-state index is 0.354. The van der Waals surface area contributed by atoms with Gasteiger partial charge in [-0.3, -0.25) is 4.90 Å². The number of rotatable bonds is 6. The van der Waals surface area contributed by atoms with Crippen molar-refractivity contribution in [3.63, 3.8) is 0 Å². The molecule has 0 fully saturated rings. The third kappa shape index (κ3) is 3.48. The minimum Gasteiger partial charge on any atom is -0.383 e. The normalized spacial score (nSPS) is 13.1. The Morgan fingerprint density at radius 3 is 2.80 bits per heavy atom. The first-order valence-electron chi connectivity index (χ1n) is 6.92. The predicted molar refractivity (Wildman–Crippen MR) is 84.2 cm³/mol. The van der Waals surface area contributed by atoms with Crippen LogP contribution in [0.15, 0.2) is 30.3 Å². The molecular weight excluding hydrogens is 272 g/mol. The average Bonchev–Trinajstić information content (AvgIpc) is 2.45. The number of aromatic nitrogens is 1. The van der Waals surface area contributed by atoms with Gasteiger partial charge >= 0.3 is 0 Å². The molecule has 1 aromatic heterocycles. The number of nitrogens with zero attached hydrogens (tertiary/aromatic N) is 2. The van der Waals surface area contributed by atoms with Gasteiger partial charge in [0.15, 0.2) is 0 Å². The highest BCUT2D eigenvalue weighted by Crippen LogP contribution is 2.22. The van der Waals surface area contributed by atoms with Crippen LogP contribution in [0.4, 0.5) is 0 Å². The number of fused-ring (bicyclic) bond motifs is 1. The maximum absolute atomic E-state index is 6.32. The topological polar surface area (TPSA) is 25.4 Å². The fourth-order valence-electron chi connectivity index (χ4n) is 2.39. The zero-order valence-corrected chi connectivity index (χ0v) is 13.0. The van der Waals surface area contributed by atoms with Gasteiger partial charge in [0.1, 0.15) is 5.15 Å². The van der Waals surface area contributed by atoms with Crippen LogP contribution in [-0.2, 0) is 11.3 Å². The van der Waals surface area contributed by atoms with E-state index in [1.807, 2.05) is 18.2 Å². The van der Waals surface area contributed by atoms with Gasteiger partial charge in [-0.1, -0.05) is 36.7 Å². The lowest BCUT2D eigenvalue weighted by Gasteiger charge is -2.27. The molecule has 4 heteroatoms. The lowest BCUT2D eigenvalue weighted by atomic mass is 10.1. The Bertz CT molecular complexity index is 573. The van der Waals surface area contributed by atoms with Crippen LogP contribution in [0, 0.1) is 0 Å². The summed E-state index contributed by atoms with van der Waals surface area (Å²) >= 11 is 6.32. The molecule has 0 N–H and O–H groups in total. The highest BCUT2D eigenvalue weighted by molar-refractivity contribution is 6.30. The van der Waals surface area contributed by atoms with Crippen molar-refractivity contribution >= 4 is 22.5 Å². The van der Waals surface area contributed by atoms with Gasteiger partial charge in [0.25, 0.3) is 0 Å². The van der Waals surface area contributed by atoms with E-state index in [2.05, 4.69) is 35.9 Å². The lowest BCUT2D eigenvalue weighted by Crippen LogP contribution is -2.35. The number of halogens is 1. The Balaban J connectivity index is 2.25. The van der Waals surface area contributed by atoms with Crippen molar-refractivity contribution in [1.29, 1.82) is 0 Å². The van der Waals surface area contributed by atoms with Crippen LogP contribution >= 0.6 is 11.6 Å². The Morgan fingerprint density at radius 1 is 1.35 bits per heavy atom. The number of methoxy groups -OCH3 is 1. The number of hydrogen-bond acceptors (Lipinski definition) is 3. The van der Waals surface area contributed by atoms with E-state index >= 15 is 0 Å². The first kappa shape index (κ1) is 15.2. The highest BCUT2D eigenvalue weighted by Gasteiger charge is 2.14. The molecule has 0 bridgehead atoms. The SMILES string of the molecule is CCN(Cc1cc2ccccc2nc1Cl)C(C)COC. The Kier molecular flexibility index (Phi) is 5.35. The molecule has 1 unspecified atom stereocenters. The number of likely N-dealkylation sites (N-methyl/N-ethyl adjacent to an activating group) is 1. The molecule has 0 aliphatic heterocycles. The fraction of sp³-hybridized carbons (Fsp3) is 0.438. The highest BCUT2D eigenvalue weighted by atomic mass is 35.5. The van der Waals surface area contributed by atoms with Gasteiger partial charge < -0.3 is 4.74 Å². The van der Waals surface area contributed by atoms with Crippen LogP contribution in [0.25, 0.3) is 10.9 Å². The average molecular weight is 293 g/mol. The molecule has 0 spiro atoms. The van der Waals surface area contributed by atoms with E-state index in [1.165, 1.54) is 0 Å². The maximum Gasteiger partial charge on any atom is 0.134 e. The van der Waals surface area contributed by atoms with Gasteiger partial charge in [-0.25, -0.2) is 4.98 Å². The quantitative estimate of drug-likeness (QED) is 0.758. The van der Waals surface area contributed by atoms with E-state index in [0.717, 1.165) is 29.6 Å². The molecule has 0 aliphatic carbocycles. The monoisotopic (exact) mass is 292 g/mol. The zero-order valence-electron chi connectivity index (χ0n) is 12.3. The zero-order chi connectivity index (χ0) is 14.5. The fourth-order valence-corrected chi connectivity index (χ4v) is 2.60. The largest absolute Gasteiger partial charge is 0.383 e. The molecule has 0 saturated carbocycles. The molecule has 2 rings (SSSR count). The van der Waals surface area contributed by atoms with Crippen molar-refractivity contribution in [3.05, 3.63) is 41.0 Å². The molecule has 0 radical (unpaired) electrons. The van der Waals surface area contributed by atoms with Crippen LogP contribution in [-0.4, -0.2) is 36.2 Å². The number of hydrogen-bond donors (Lipinski definition) is 0. The summed E-state index contributed by atoms with van der Waals surface area (Å²) in [5.41, 5.74) is 2.00. The molecule has 2 aromatic rings. The number of benzene rings is 1. The van der Waals surface area contributed by atoms with Crippen molar-refractivity contribution in [1.82, 2.24) is 9.88 Å². The summed E-state index contributed by atoms with van der Waals surface area (Å²) in [4.78, 5) is 6.81. The van der Waals surface area contributed by atoms with Crippen LogP contribution in [0.1, 0.15) is 19.4 Å². The molecule has 1 heterocycles. The molecule has 0 saturated heterocycles. The van der Waals surface area contributed by atoms with Crippen molar-refractivity contribution in [2.75, 3.05) is 20.3 Å². The summed E-state index contributed by atoms with van der Waals surface area (Å²) in [5, 5.41) is 1.72. The summed E-state index contributed by atoms with van der Waals surface area (Å²) < 4.78 is 5.23. The van der Waals surface area contributed by atoms with Gasteiger partial charge in [0.2, 0.25) is 0 Å². The second kappa shape index (κ2) is 7.02. The van der Waals surface area contributed by atoms with Crippen molar-refractivity contribution in [2.24, 2.45) is 0 Å². The Morgan fingerprint density at radius 2 is 2.10 bits per heavy atom. The van der Waals surface area contributed by atoms with Crippen LogP contribution in [0.3, 0.4) is 0 Å². The Labute approximate surface area is 125 Å². The number of ether oxygens (including phenoxy) is 1. The third-order valence-corrected chi connectivity index (χ3v) is 3.89. The summed E-state index contributed by atoms with van der Waals surface area (Å²) in [7, 11) is 1.73. The lowest BCUT2D eigenvalue weighted by molar-refractivity contribution is 0.0982. The summed E-state index contributed by atoms with van der Waals surface area (Å²) in [6, 6.07) is 10.5. The molecule has 1 aromatic carbocycles. The van der Waals surface area contributed by atoms with E-state index in [9.17, 15) is 0 Å². The first-order chi connectivity index (χ1) is 9.65. The molecule has 3 nitrogen and oxygen atoms in total. The van der Waals surface area contributed by atoms with Crippen molar-refractivity contribution in [3.8, 4) is 0 Å². The minimum atomic E-state index is 0.354. The van der Waals surface area contributed by atoms with Crippen molar-refractivity contribution in [2.45, 2.75) is 26.4 Å².